The highest BCUT2D eigenvalue weighted by Gasteiger charge is 2.46. The highest BCUT2D eigenvalue weighted by atomic mass is 35.5. The van der Waals surface area contributed by atoms with E-state index in [1.54, 1.807) is 48.5 Å². The normalized spacial score (nSPS) is 17.6. The van der Waals surface area contributed by atoms with E-state index in [1.165, 1.54) is 29.2 Å². The molecular formula is C25H20Cl2N6O5S. The molecule has 0 saturated carbocycles. The fourth-order valence-electron chi connectivity index (χ4n) is 4.65. The largest absolute Gasteiger partial charge is 0.328 e. The van der Waals surface area contributed by atoms with Crippen molar-refractivity contribution in [1.29, 1.82) is 0 Å². The van der Waals surface area contributed by atoms with Crippen molar-refractivity contribution in [2.75, 3.05) is 12.4 Å². The summed E-state index contributed by atoms with van der Waals surface area (Å²) in [5.41, 5.74) is 9.86. The topological polar surface area (TPSA) is 162 Å². The van der Waals surface area contributed by atoms with Gasteiger partial charge in [-0.1, -0.05) is 82.9 Å². The van der Waals surface area contributed by atoms with E-state index in [2.05, 4.69) is 19.9 Å². The van der Waals surface area contributed by atoms with E-state index in [9.17, 15) is 22.9 Å². The van der Waals surface area contributed by atoms with Crippen LogP contribution in [0.1, 0.15) is 45.0 Å². The van der Waals surface area contributed by atoms with E-state index in [0.717, 1.165) is 0 Å². The smallest absolute Gasteiger partial charge is 0.296 e. The molecule has 3 unspecified atom stereocenters. The van der Waals surface area contributed by atoms with E-state index in [1.807, 2.05) is 0 Å². The predicted octanol–water partition coefficient (Wildman–Crippen LogP) is 5.50. The Morgan fingerprint density at radius 3 is 2.41 bits per heavy atom. The number of nitroso groups, excluding NO2 is 1. The second kappa shape index (κ2) is 11.9. The van der Waals surface area contributed by atoms with Gasteiger partial charge in [0.1, 0.15) is 5.88 Å². The highest BCUT2D eigenvalue weighted by Crippen LogP contribution is 2.46. The summed E-state index contributed by atoms with van der Waals surface area (Å²) in [6.45, 7) is -0.279. The van der Waals surface area contributed by atoms with Crippen molar-refractivity contribution in [2.24, 2.45) is 10.3 Å². The van der Waals surface area contributed by atoms with Gasteiger partial charge in [0.15, 0.2) is 0 Å². The van der Waals surface area contributed by atoms with Gasteiger partial charge in [-0.2, -0.15) is 0 Å². The van der Waals surface area contributed by atoms with Crippen LogP contribution in [-0.2, 0) is 14.8 Å². The van der Waals surface area contributed by atoms with Crippen LogP contribution in [0.5, 0.6) is 0 Å². The number of azide groups is 1. The second-order valence-corrected chi connectivity index (χ2v) is 11.2. The van der Waals surface area contributed by atoms with Crippen molar-refractivity contribution in [3.63, 3.8) is 0 Å². The van der Waals surface area contributed by atoms with Crippen LogP contribution in [0.3, 0.4) is 0 Å². The molecule has 39 heavy (non-hydrogen) atoms. The summed E-state index contributed by atoms with van der Waals surface area (Å²) in [5.74, 6) is -3.65. The number of rotatable bonds is 9. The minimum atomic E-state index is -4.14. The van der Waals surface area contributed by atoms with Crippen molar-refractivity contribution in [1.82, 2.24) is 9.62 Å². The Labute approximate surface area is 233 Å². The molecule has 2 amide bonds. The van der Waals surface area contributed by atoms with Crippen LogP contribution >= 0.6 is 23.2 Å². The van der Waals surface area contributed by atoms with Gasteiger partial charge in [0, 0.05) is 32.2 Å². The van der Waals surface area contributed by atoms with Crippen molar-refractivity contribution < 1.29 is 18.0 Å². The molecule has 3 aromatic carbocycles. The molecule has 1 aliphatic rings. The van der Waals surface area contributed by atoms with E-state index < -0.39 is 45.7 Å². The molecular weight excluding hydrogens is 567 g/mol. The van der Waals surface area contributed by atoms with E-state index >= 15 is 0 Å². The van der Waals surface area contributed by atoms with Gasteiger partial charge in [-0.05, 0) is 40.4 Å². The van der Waals surface area contributed by atoms with Gasteiger partial charge in [0.2, 0.25) is 10.0 Å². The van der Waals surface area contributed by atoms with Gasteiger partial charge in [0.05, 0.1) is 18.0 Å². The molecule has 3 atom stereocenters. The Balaban J connectivity index is 1.90. The first kappa shape index (κ1) is 28.2. The van der Waals surface area contributed by atoms with Gasteiger partial charge in [-0.3, -0.25) is 9.59 Å². The first-order valence-corrected chi connectivity index (χ1v) is 13.9. The zero-order chi connectivity index (χ0) is 28.2. The van der Waals surface area contributed by atoms with Crippen LogP contribution in [0.15, 0.2) is 83.1 Å². The van der Waals surface area contributed by atoms with Crippen LogP contribution in [0.2, 0.25) is 10.0 Å². The molecule has 0 aliphatic carbocycles. The number of halogens is 2. The molecule has 0 saturated heterocycles. The maximum atomic E-state index is 13.9. The van der Waals surface area contributed by atoms with Crippen LogP contribution in [-0.4, -0.2) is 37.6 Å². The van der Waals surface area contributed by atoms with E-state index in [-0.39, 0.29) is 17.1 Å². The molecule has 0 fully saturated rings. The minimum Gasteiger partial charge on any atom is -0.328 e. The number of fused-ring (bicyclic) bond motifs is 1. The summed E-state index contributed by atoms with van der Waals surface area (Å²) in [6, 6.07) is 17.1. The zero-order valence-corrected chi connectivity index (χ0v) is 22.3. The van der Waals surface area contributed by atoms with Crippen molar-refractivity contribution in [3.8, 4) is 0 Å². The lowest BCUT2D eigenvalue weighted by Gasteiger charge is -2.42. The van der Waals surface area contributed by atoms with Gasteiger partial charge >= 0.3 is 0 Å². The number of hydrogen-bond acceptors (Lipinski definition) is 6. The lowest BCUT2D eigenvalue weighted by Crippen LogP contribution is -2.48. The summed E-state index contributed by atoms with van der Waals surface area (Å²) >= 11 is 12.6. The fourth-order valence-corrected chi connectivity index (χ4v) is 6.10. The number of nitrogens with one attached hydrogen (secondary N) is 1. The summed E-state index contributed by atoms with van der Waals surface area (Å²) in [4.78, 5) is 42.3. The van der Waals surface area contributed by atoms with Crippen LogP contribution in [0, 0.1) is 4.91 Å². The Morgan fingerprint density at radius 2 is 1.74 bits per heavy atom. The third kappa shape index (κ3) is 6.11. The number of nitrogens with zero attached hydrogens (tertiary/aromatic N) is 5. The lowest BCUT2D eigenvalue weighted by atomic mass is 9.79. The van der Waals surface area contributed by atoms with Crippen LogP contribution in [0.25, 0.3) is 10.4 Å². The Morgan fingerprint density at radius 1 is 1.05 bits per heavy atom. The molecule has 200 valence electrons. The number of carbonyl (C=O) groups excluding carboxylic acids is 2. The first-order valence-electron chi connectivity index (χ1n) is 11.4. The maximum absolute atomic E-state index is 13.9. The SMILES string of the molecule is [N-]=[N+]=NCS(=O)(=O)NC(CN1C(=O)c2ccccc2C(C(=O)N=O)C1c1ccc(Cl)cc1Cl)c1ccccc1. The number of hydrogen-bond donors (Lipinski definition) is 1. The molecule has 3 aromatic rings. The molecule has 0 spiro atoms. The molecule has 4 rings (SSSR count). The molecule has 0 radical (unpaired) electrons. The summed E-state index contributed by atoms with van der Waals surface area (Å²) in [5, 5.41) is 6.25. The quantitative estimate of drug-likeness (QED) is 0.151. The Kier molecular flexibility index (Phi) is 8.63. The third-order valence-corrected chi connectivity index (χ3v) is 7.93. The number of sulfonamides is 1. The maximum Gasteiger partial charge on any atom is 0.296 e. The van der Waals surface area contributed by atoms with Crippen LogP contribution in [0.4, 0.5) is 0 Å². The Hall–Kier alpha value is -3.80. The molecule has 1 heterocycles. The highest BCUT2D eigenvalue weighted by molar-refractivity contribution is 7.89. The van der Waals surface area contributed by atoms with Gasteiger partial charge in [-0.15, -0.1) is 4.91 Å². The molecule has 0 aromatic heterocycles. The fraction of sp³-hybridized carbons (Fsp3) is 0.200. The zero-order valence-electron chi connectivity index (χ0n) is 20.0. The standard InChI is InChI=1S/C25H20Cl2N6O5S/c26-16-10-11-19(20(27)12-16)23-22(24(34)30-36)17-8-4-5-9-18(17)25(35)33(23)13-21(15-6-2-1-3-7-15)31-39(37,38)14-29-32-28/h1-12,21-23,31H,13-14H2. The molecule has 0 bridgehead atoms. The average molecular weight is 587 g/mol. The molecule has 11 nitrogen and oxygen atoms in total. The minimum absolute atomic E-state index is 0.133. The van der Waals surface area contributed by atoms with Crippen molar-refractivity contribution >= 4 is 45.0 Å². The number of amides is 2. The van der Waals surface area contributed by atoms with Crippen LogP contribution < -0.4 is 4.72 Å². The summed E-state index contributed by atoms with van der Waals surface area (Å²) in [6.07, 6.45) is 0. The van der Waals surface area contributed by atoms with Crippen molar-refractivity contribution in [3.05, 3.63) is 120 Å². The molecule has 14 heteroatoms. The molecule has 1 N–H and O–H groups in total. The summed E-state index contributed by atoms with van der Waals surface area (Å²) in [7, 11) is -4.14. The summed E-state index contributed by atoms with van der Waals surface area (Å²) < 4.78 is 27.9. The number of carbonyl (C=O) groups is 2. The average Bonchev–Trinajstić information content (AvgIpc) is 2.93. The van der Waals surface area contributed by atoms with E-state index in [0.29, 0.717) is 21.7 Å². The van der Waals surface area contributed by atoms with Gasteiger partial charge < -0.3 is 4.90 Å². The molecule has 1 aliphatic heterocycles. The van der Waals surface area contributed by atoms with Crippen molar-refractivity contribution in [2.45, 2.75) is 18.0 Å². The van der Waals surface area contributed by atoms with Gasteiger partial charge in [0.25, 0.3) is 11.8 Å². The second-order valence-electron chi connectivity index (χ2n) is 8.62. The van der Waals surface area contributed by atoms with E-state index in [4.69, 9.17) is 28.7 Å². The lowest BCUT2D eigenvalue weighted by molar-refractivity contribution is -0.121. The predicted molar refractivity (Wildman–Crippen MR) is 145 cm³/mol. The number of benzene rings is 3. The third-order valence-electron chi connectivity index (χ3n) is 6.27. The Bertz CT molecular complexity index is 1580. The first-order chi connectivity index (χ1) is 18.7. The van der Waals surface area contributed by atoms with Gasteiger partial charge in [-0.25, -0.2) is 13.1 Å². The monoisotopic (exact) mass is 586 g/mol.